The van der Waals surface area contributed by atoms with Gasteiger partial charge in [0.25, 0.3) is 5.69 Å². The molecule has 0 bridgehead atoms. The summed E-state index contributed by atoms with van der Waals surface area (Å²) in [6.45, 7) is 1.75. The van der Waals surface area contributed by atoms with Crippen molar-refractivity contribution in [2.24, 2.45) is 0 Å². The van der Waals surface area contributed by atoms with Gasteiger partial charge in [-0.2, -0.15) is 0 Å². The minimum absolute atomic E-state index is 0.0139. The van der Waals surface area contributed by atoms with Gasteiger partial charge in [-0.05, 0) is 30.7 Å². The summed E-state index contributed by atoms with van der Waals surface area (Å²) in [6.07, 6.45) is 0.851. The summed E-state index contributed by atoms with van der Waals surface area (Å²) in [5.74, 6) is 0. The maximum Gasteiger partial charge on any atom is 0.288 e. The normalized spacial score (nSPS) is 16.1. The molecule has 0 atom stereocenters. The molecule has 0 spiro atoms. The predicted octanol–water partition coefficient (Wildman–Crippen LogP) is 2.24. The van der Waals surface area contributed by atoms with Gasteiger partial charge in [0.1, 0.15) is 5.02 Å². The predicted molar refractivity (Wildman–Crippen MR) is 58.1 cm³/mol. The fourth-order valence-electron chi connectivity index (χ4n) is 1.85. The zero-order chi connectivity index (χ0) is 11.0. The number of nitro benzene ring substituents is 1. The maximum atomic E-state index is 10.7. The van der Waals surface area contributed by atoms with Crippen molar-refractivity contribution in [2.75, 3.05) is 13.6 Å². The Labute approximate surface area is 92.6 Å². The third kappa shape index (κ3) is 1.96. The molecule has 1 aromatic rings. The molecule has 15 heavy (non-hydrogen) atoms. The molecule has 80 valence electrons. The Hall–Kier alpha value is -1.13. The van der Waals surface area contributed by atoms with Crippen LogP contribution >= 0.6 is 11.6 Å². The lowest BCUT2D eigenvalue weighted by molar-refractivity contribution is -0.384. The molecule has 0 amide bonds. The van der Waals surface area contributed by atoms with Crippen molar-refractivity contribution in [3.05, 3.63) is 38.4 Å². The van der Waals surface area contributed by atoms with Gasteiger partial charge in [0.2, 0.25) is 0 Å². The molecule has 0 aliphatic carbocycles. The van der Waals surface area contributed by atoms with Crippen LogP contribution in [0.15, 0.2) is 12.1 Å². The van der Waals surface area contributed by atoms with Gasteiger partial charge in [0, 0.05) is 19.2 Å². The van der Waals surface area contributed by atoms with E-state index in [4.69, 9.17) is 11.6 Å². The van der Waals surface area contributed by atoms with E-state index >= 15 is 0 Å². The summed E-state index contributed by atoms with van der Waals surface area (Å²) < 4.78 is 0. The minimum Gasteiger partial charge on any atom is -0.302 e. The summed E-state index contributed by atoms with van der Waals surface area (Å²) in [7, 11) is 2.03. The van der Waals surface area contributed by atoms with Crippen LogP contribution in [0.1, 0.15) is 11.1 Å². The molecule has 2 rings (SSSR count). The molecular formula is C10H11ClN2O2. The Kier molecular flexibility index (Phi) is 2.63. The molecule has 0 saturated carbocycles. The quantitative estimate of drug-likeness (QED) is 0.545. The van der Waals surface area contributed by atoms with Crippen LogP contribution < -0.4 is 0 Å². The van der Waals surface area contributed by atoms with Crippen LogP contribution in [0.25, 0.3) is 0 Å². The third-order valence-corrected chi connectivity index (χ3v) is 2.97. The highest BCUT2D eigenvalue weighted by molar-refractivity contribution is 6.32. The monoisotopic (exact) mass is 226 g/mol. The Morgan fingerprint density at radius 3 is 2.87 bits per heavy atom. The summed E-state index contributed by atoms with van der Waals surface area (Å²) in [6, 6.07) is 3.31. The number of hydrogen-bond acceptors (Lipinski definition) is 3. The van der Waals surface area contributed by atoms with E-state index in [0.717, 1.165) is 30.6 Å². The lowest BCUT2D eigenvalue weighted by Gasteiger charge is -2.24. The van der Waals surface area contributed by atoms with Crippen LogP contribution in [0.4, 0.5) is 5.69 Å². The molecule has 0 aromatic heterocycles. The zero-order valence-corrected chi connectivity index (χ0v) is 9.12. The van der Waals surface area contributed by atoms with Gasteiger partial charge in [-0.25, -0.2) is 0 Å². The number of nitro groups is 1. The van der Waals surface area contributed by atoms with E-state index in [2.05, 4.69) is 4.90 Å². The Bertz CT molecular complexity index is 420. The first kappa shape index (κ1) is 10.4. The van der Waals surface area contributed by atoms with Crippen molar-refractivity contribution >= 4 is 17.3 Å². The first-order chi connectivity index (χ1) is 7.08. The fraction of sp³-hybridized carbons (Fsp3) is 0.400. The van der Waals surface area contributed by atoms with E-state index in [1.807, 2.05) is 7.05 Å². The Balaban J connectivity index is 2.46. The molecular weight excluding hydrogens is 216 g/mol. The van der Waals surface area contributed by atoms with Crippen LogP contribution in [0, 0.1) is 10.1 Å². The first-order valence-electron chi connectivity index (χ1n) is 4.72. The summed E-state index contributed by atoms with van der Waals surface area (Å²) in [4.78, 5) is 12.4. The van der Waals surface area contributed by atoms with Gasteiger partial charge in [0.05, 0.1) is 4.92 Å². The van der Waals surface area contributed by atoms with Gasteiger partial charge < -0.3 is 4.90 Å². The summed E-state index contributed by atoms with van der Waals surface area (Å²) in [5, 5.41) is 10.9. The molecule has 0 unspecified atom stereocenters. The highest BCUT2D eigenvalue weighted by atomic mass is 35.5. The SMILES string of the molecule is CN1CCc2cc([N+](=O)[O-])c(Cl)cc2C1. The van der Waals surface area contributed by atoms with Crippen LogP contribution in [-0.2, 0) is 13.0 Å². The molecule has 0 fully saturated rings. The van der Waals surface area contributed by atoms with Gasteiger partial charge in [-0.15, -0.1) is 0 Å². The largest absolute Gasteiger partial charge is 0.302 e. The van der Waals surface area contributed by atoms with E-state index < -0.39 is 4.92 Å². The van der Waals surface area contributed by atoms with E-state index in [0.29, 0.717) is 0 Å². The van der Waals surface area contributed by atoms with Crippen molar-refractivity contribution in [1.29, 1.82) is 0 Å². The van der Waals surface area contributed by atoms with Crippen molar-refractivity contribution < 1.29 is 4.92 Å². The van der Waals surface area contributed by atoms with Crippen molar-refractivity contribution in [1.82, 2.24) is 4.90 Å². The van der Waals surface area contributed by atoms with Crippen molar-refractivity contribution in [3.63, 3.8) is 0 Å². The molecule has 1 aromatic carbocycles. The fourth-order valence-corrected chi connectivity index (χ4v) is 2.10. The Morgan fingerprint density at radius 1 is 1.47 bits per heavy atom. The number of nitrogens with zero attached hydrogens (tertiary/aromatic N) is 2. The third-order valence-electron chi connectivity index (χ3n) is 2.67. The molecule has 0 N–H and O–H groups in total. The average molecular weight is 227 g/mol. The molecule has 0 saturated heterocycles. The lowest BCUT2D eigenvalue weighted by atomic mass is 9.99. The highest BCUT2D eigenvalue weighted by Crippen LogP contribution is 2.30. The summed E-state index contributed by atoms with van der Waals surface area (Å²) in [5.41, 5.74) is 2.16. The number of likely N-dealkylation sites (N-methyl/N-ethyl adjacent to an activating group) is 1. The van der Waals surface area contributed by atoms with Crippen LogP contribution in [0.5, 0.6) is 0 Å². The number of halogens is 1. The van der Waals surface area contributed by atoms with E-state index in [-0.39, 0.29) is 10.7 Å². The van der Waals surface area contributed by atoms with Gasteiger partial charge in [-0.1, -0.05) is 11.6 Å². The van der Waals surface area contributed by atoms with Crippen molar-refractivity contribution in [2.45, 2.75) is 13.0 Å². The molecule has 1 heterocycles. The van der Waals surface area contributed by atoms with Crippen LogP contribution in [-0.4, -0.2) is 23.4 Å². The number of benzene rings is 1. The Morgan fingerprint density at radius 2 is 2.20 bits per heavy atom. The average Bonchev–Trinajstić information content (AvgIpc) is 2.15. The standard InChI is InChI=1S/C10H11ClN2O2/c1-12-3-2-7-5-10(13(14)15)9(11)4-8(7)6-12/h4-5H,2-3,6H2,1H3. The zero-order valence-electron chi connectivity index (χ0n) is 8.36. The number of fused-ring (bicyclic) bond motifs is 1. The minimum atomic E-state index is -0.430. The molecule has 0 radical (unpaired) electrons. The van der Waals surface area contributed by atoms with E-state index in [9.17, 15) is 10.1 Å². The van der Waals surface area contributed by atoms with Gasteiger partial charge >= 0.3 is 0 Å². The first-order valence-corrected chi connectivity index (χ1v) is 5.10. The van der Waals surface area contributed by atoms with Crippen LogP contribution in [0.3, 0.4) is 0 Å². The van der Waals surface area contributed by atoms with E-state index in [1.54, 1.807) is 12.1 Å². The molecule has 5 heteroatoms. The smallest absolute Gasteiger partial charge is 0.288 e. The molecule has 1 aliphatic heterocycles. The maximum absolute atomic E-state index is 10.7. The van der Waals surface area contributed by atoms with Crippen LogP contribution in [0.2, 0.25) is 5.02 Å². The topological polar surface area (TPSA) is 46.4 Å². The second kappa shape index (κ2) is 3.79. The van der Waals surface area contributed by atoms with Gasteiger partial charge in [-0.3, -0.25) is 10.1 Å². The van der Waals surface area contributed by atoms with Crippen molar-refractivity contribution in [3.8, 4) is 0 Å². The highest BCUT2D eigenvalue weighted by Gasteiger charge is 2.20. The molecule has 4 nitrogen and oxygen atoms in total. The number of hydrogen-bond donors (Lipinski definition) is 0. The number of rotatable bonds is 1. The van der Waals surface area contributed by atoms with E-state index in [1.165, 1.54) is 0 Å². The van der Waals surface area contributed by atoms with Gasteiger partial charge in [0.15, 0.2) is 0 Å². The summed E-state index contributed by atoms with van der Waals surface area (Å²) >= 11 is 5.84. The second-order valence-corrected chi connectivity index (χ2v) is 4.22. The lowest BCUT2D eigenvalue weighted by Crippen LogP contribution is -2.26. The molecule has 1 aliphatic rings. The second-order valence-electron chi connectivity index (χ2n) is 3.82.